The minimum Gasteiger partial charge on any atom is -0.395 e. The van der Waals surface area contributed by atoms with Gasteiger partial charge in [-0.05, 0) is 45.1 Å². The average Bonchev–Trinajstić information content (AvgIpc) is 2.45. The van der Waals surface area contributed by atoms with Gasteiger partial charge < -0.3 is 14.9 Å². The van der Waals surface area contributed by atoms with Crippen LogP contribution in [-0.4, -0.2) is 65.1 Å². The van der Waals surface area contributed by atoms with E-state index >= 15 is 0 Å². The summed E-state index contributed by atoms with van der Waals surface area (Å²) in [6.07, 6.45) is 3.37. The van der Waals surface area contributed by atoms with E-state index in [2.05, 4.69) is 16.9 Å². The molecular weight excluding hydrogens is 278 g/mol. The van der Waals surface area contributed by atoms with E-state index in [9.17, 15) is 9.90 Å². The Morgan fingerprint density at radius 1 is 1.55 bits per heavy atom. The lowest BCUT2D eigenvalue weighted by Gasteiger charge is -2.37. The minimum absolute atomic E-state index is 0.0430. The Hall–Kier alpha value is -1.17. The topological polar surface area (TPSA) is 56.7 Å². The van der Waals surface area contributed by atoms with Gasteiger partial charge in [-0.25, -0.2) is 0 Å². The lowest BCUT2D eigenvalue weighted by atomic mass is 10.0. The molecule has 1 aliphatic heterocycles. The summed E-state index contributed by atoms with van der Waals surface area (Å²) in [6.45, 7) is 2.21. The second kappa shape index (κ2) is 7.02. The zero-order valence-electron chi connectivity index (χ0n) is 11.6. The molecule has 1 aliphatic rings. The van der Waals surface area contributed by atoms with Crippen LogP contribution in [0.3, 0.4) is 0 Å². The Labute approximate surface area is 124 Å². The van der Waals surface area contributed by atoms with Crippen LogP contribution in [0.5, 0.6) is 0 Å². The lowest BCUT2D eigenvalue weighted by molar-refractivity contribution is 0.0534. The minimum atomic E-state index is -0.156. The number of halogens is 1. The number of carbonyl (C=O) groups is 1. The molecule has 2 rings (SSSR count). The molecule has 0 aliphatic carbocycles. The molecule has 1 aromatic rings. The van der Waals surface area contributed by atoms with Crippen molar-refractivity contribution in [1.82, 2.24) is 14.8 Å². The highest BCUT2D eigenvalue weighted by atomic mass is 35.5. The Kier molecular flexibility index (Phi) is 5.34. The van der Waals surface area contributed by atoms with Gasteiger partial charge in [0.25, 0.3) is 5.91 Å². The number of piperidine rings is 1. The predicted octanol–water partition coefficient (Wildman–Crippen LogP) is 1.26. The van der Waals surface area contributed by atoms with Gasteiger partial charge in [-0.3, -0.25) is 9.78 Å². The molecule has 0 spiro atoms. The molecular formula is C14H20ClN3O2. The Balaban J connectivity index is 2.13. The first-order valence-electron chi connectivity index (χ1n) is 6.83. The van der Waals surface area contributed by atoms with Crippen LogP contribution in [0.15, 0.2) is 18.3 Å². The zero-order chi connectivity index (χ0) is 14.5. The van der Waals surface area contributed by atoms with Crippen LogP contribution in [0, 0.1) is 0 Å². The van der Waals surface area contributed by atoms with Gasteiger partial charge in [0.15, 0.2) is 0 Å². The van der Waals surface area contributed by atoms with E-state index < -0.39 is 0 Å². The van der Waals surface area contributed by atoms with E-state index in [4.69, 9.17) is 11.6 Å². The number of aromatic nitrogens is 1. The highest BCUT2D eigenvalue weighted by Gasteiger charge is 2.27. The van der Waals surface area contributed by atoms with Crippen LogP contribution in [0.2, 0.25) is 5.02 Å². The first-order chi connectivity index (χ1) is 9.61. The van der Waals surface area contributed by atoms with Crippen molar-refractivity contribution < 1.29 is 9.90 Å². The maximum atomic E-state index is 12.5. The van der Waals surface area contributed by atoms with Gasteiger partial charge in [0.1, 0.15) is 5.69 Å². The molecule has 1 amide bonds. The van der Waals surface area contributed by atoms with Crippen LogP contribution in [0.1, 0.15) is 23.3 Å². The van der Waals surface area contributed by atoms with Crippen molar-refractivity contribution in [2.45, 2.75) is 18.9 Å². The molecule has 20 heavy (non-hydrogen) atoms. The quantitative estimate of drug-likeness (QED) is 0.909. The van der Waals surface area contributed by atoms with Gasteiger partial charge in [0.2, 0.25) is 0 Å². The fraction of sp³-hybridized carbons (Fsp3) is 0.571. The third-order valence-electron chi connectivity index (χ3n) is 3.67. The normalized spacial score (nSPS) is 17.1. The van der Waals surface area contributed by atoms with Crippen LogP contribution in [-0.2, 0) is 0 Å². The highest BCUT2D eigenvalue weighted by molar-refractivity contribution is 6.30. The first kappa shape index (κ1) is 15.2. The summed E-state index contributed by atoms with van der Waals surface area (Å²) in [7, 11) is 2.08. The number of likely N-dealkylation sites (tertiary alicyclic amines) is 1. The third-order valence-corrected chi connectivity index (χ3v) is 3.91. The molecule has 0 radical (unpaired) electrons. The van der Waals surface area contributed by atoms with Crippen molar-refractivity contribution in [3.05, 3.63) is 29.0 Å². The van der Waals surface area contributed by atoms with Crippen molar-refractivity contribution >= 4 is 17.5 Å². The molecule has 0 aromatic carbocycles. The summed E-state index contributed by atoms with van der Waals surface area (Å²) >= 11 is 5.91. The van der Waals surface area contributed by atoms with E-state index in [1.54, 1.807) is 17.0 Å². The molecule has 1 N–H and O–H groups in total. The van der Waals surface area contributed by atoms with Gasteiger partial charge in [-0.15, -0.1) is 0 Å². The smallest absolute Gasteiger partial charge is 0.272 e. The number of carbonyl (C=O) groups excluding carboxylic acids is 1. The van der Waals surface area contributed by atoms with Crippen LogP contribution in [0.4, 0.5) is 0 Å². The molecule has 1 fully saturated rings. The van der Waals surface area contributed by atoms with Gasteiger partial charge >= 0.3 is 0 Å². The molecule has 1 aromatic heterocycles. The van der Waals surface area contributed by atoms with Crippen LogP contribution >= 0.6 is 11.6 Å². The maximum Gasteiger partial charge on any atom is 0.272 e. The second-order valence-corrected chi connectivity index (χ2v) is 5.55. The van der Waals surface area contributed by atoms with E-state index in [1.807, 2.05) is 0 Å². The molecule has 110 valence electrons. The predicted molar refractivity (Wildman–Crippen MR) is 77.9 cm³/mol. The van der Waals surface area contributed by atoms with Gasteiger partial charge in [0, 0.05) is 23.8 Å². The fourth-order valence-electron chi connectivity index (χ4n) is 2.53. The number of hydrogen-bond donors (Lipinski definition) is 1. The third kappa shape index (κ3) is 3.69. The number of pyridine rings is 1. The maximum absolute atomic E-state index is 12.5. The monoisotopic (exact) mass is 297 g/mol. The number of rotatable bonds is 4. The van der Waals surface area contributed by atoms with E-state index in [0.29, 0.717) is 17.3 Å². The number of amides is 1. The highest BCUT2D eigenvalue weighted by Crippen LogP contribution is 2.18. The summed E-state index contributed by atoms with van der Waals surface area (Å²) in [5.41, 5.74) is 0.338. The van der Waals surface area contributed by atoms with Crippen LogP contribution in [0.25, 0.3) is 0 Å². The number of aliphatic hydroxyl groups excluding tert-OH is 1. The molecule has 0 atom stereocenters. The standard InChI is InChI=1S/C14H20ClN3O2/c1-17-6-3-12(4-7-17)18(8-9-19)14(20)13-10-11(15)2-5-16-13/h2,5,10,12,19H,3-4,6-9H2,1H3. The van der Waals surface area contributed by atoms with Crippen molar-refractivity contribution in [3.8, 4) is 0 Å². The van der Waals surface area contributed by atoms with E-state index in [1.165, 1.54) is 6.20 Å². The van der Waals surface area contributed by atoms with Crippen molar-refractivity contribution in [3.63, 3.8) is 0 Å². The zero-order valence-corrected chi connectivity index (χ0v) is 12.4. The Morgan fingerprint density at radius 2 is 2.25 bits per heavy atom. The lowest BCUT2D eigenvalue weighted by Crippen LogP contribution is -2.47. The first-order valence-corrected chi connectivity index (χ1v) is 7.21. The van der Waals surface area contributed by atoms with Gasteiger partial charge in [-0.2, -0.15) is 0 Å². The Bertz CT molecular complexity index is 461. The van der Waals surface area contributed by atoms with Crippen LogP contribution < -0.4 is 0 Å². The molecule has 2 heterocycles. The summed E-state index contributed by atoms with van der Waals surface area (Å²) < 4.78 is 0. The molecule has 5 nitrogen and oxygen atoms in total. The molecule has 0 bridgehead atoms. The second-order valence-electron chi connectivity index (χ2n) is 5.12. The Morgan fingerprint density at radius 3 is 2.85 bits per heavy atom. The fourth-order valence-corrected chi connectivity index (χ4v) is 2.69. The molecule has 6 heteroatoms. The van der Waals surface area contributed by atoms with Gasteiger partial charge in [0.05, 0.1) is 6.61 Å². The number of nitrogens with zero attached hydrogens (tertiary/aromatic N) is 3. The number of hydrogen-bond acceptors (Lipinski definition) is 4. The number of aliphatic hydroxyl groups is 1. The summed E-state index contributed by atoms with van der Waals surface area (Å²) in [4.78, 5) is 20.6. The van der Waals surface area contributed by atoms with E-state index in [-0.39, 0.29) is 18.6 Å². The van der Waals surface area contributed by atoms with E-state index in [0.717, 1.165) is 25.9 Å². The summed E-state index contributed by atoms with van der Waals surface area (Å²) in [6, 6.07) is 3.37. The SMILES string of the molecule is CN1CCC(N(CCO)C(=O)c2cc(Cl)ccn2)CC1. The summed E-state index contributed by atoms with van der Waals surface area (Å²) in [5.74, 6) is -0.156. The molecule has 0 saturated carbocycles. The van der Waals surface area contributed by atoms with Gasteiger partial charge in [-0.1, -0.05) is 11.6 Å². The average molecular weight is 298 g/mol. The van der Waals surface area contributed by atoms with Crippen molar-refractivity contribution in [2.75, 3.05) is 33.3 Å². The molecule has 0 unspecified atom stereocenters. The summed E-state index contributed by atoms with van der Waals surface area (Å²) in [5, 5.41) is 9.71. The molecule has 1 saturated heterocycles. The largest absolute Gasteiger partial charge is 0.395 e. The van der Waals surface area contributed by atoms with Crippen molar-refractivity contribution in [1.29, 1.82) is 0 Å². The van der Waals surface area contributed by atoms with Crippen molar-refractivity contribution in [2.24, 2.45) is 0 Å².